The van der Waals surface area contributed by atoms with Gasteiger partial charge in [0.15, 0.2) is 0 Å². The lowest BCUT2D eigenvalue weighted by Crippen LogP contribution is -2.41. The summed E-state index contributed by atoms with van der Waals surface area (Å²) in [4.78, 5) is 19.9. The van der Waals surface area contributed by atoms with Crippen LogP contribution in [0, 0.1) is 11.8 Å². The number of amides is 1. The molecule has 184 valence electrons. The summed E-state index contributed by atoms with van der Waals surface area (Å²) in [6, 6.07) is 16.1. The number of methoxy groups -OCH3 is 1. The summed E-state index contributed by atoms with van der Waals surface area (Å²) >= 11 is 0. The van der Waals surface area contributed by atoms with Crippen molar-refractivity contribution in [1.82, 2.24) is 14.7 Å². The van der Waals surface area contributed by atoms with Gasteiger partial charge in [-0.2, -0.15) is 0 Å². The number of rotatable bonds is 8. The number of carbonyl (C=O) groups excluding carboxylic acids is 1. The largest absolute Gasteiger partial charge is 0.496 e. The van der Waals surface area contributed by atoms with E-state index >= 15 is 0 Å². The SMILES string of the molecule is COc1ccccc1C1CN(CC(=O)N(C)CC2CCN(CC(C)C)C2)Cc2ccccc2O1. The number of hydrogen-bond acceptors (Lipinski definition) is 5. The second-order valence-corrected chi connectivity index (χ2v) is 10.2. The average molecular weight is 466 g/mol. The molecule has 0 bridgehead atoms. The molecule has 1 saturated heterocycles. The Morgan fingerprint density at radius 2 is 1.88 bits per heavy atom. The fourth-order valence-electron chi connectivity index (χ4n) is 5.24. The van der Waals surface area contributed by atoms with Gasteiger partial charge in [-0.05, 0) is 36.9 Å². The van der Waals surface area contributed by atoms with Gasteiger partial charge in [-0.3, -0.25) is 9.69 Å². The molecule has 2 aromatic rings. The van der Waals surface area contributed by atoms with Gasteiger partial charge >= 0.3 is 0 Å². The van der Waals surface area contributed by atoms with E-state index in [0.29, 0.717) is 31.5 Å². The van der Waals surface area contributed by atoms with Gasteiger partial charge < -0.3 is 19.3 Å². The van der Waals surface area contributed by atoms with E-state index < -0.39 is 0 Å². The molecule has 0 N–H and O–H groups in total. The lowest BCUT2D eigenvalue weighted by Gasteiger charge is -2.28. The number of benzene rings is 2. The molecule has 1 fully saturated rings. The molecule has 2 aliphatic rings. The molecule has 34 heavy (non-hydrogen) atoms. The Morgan fingerprint density at radius 3 is 2.68 bits per heavy atom. The van der Waals surface area contributed by atoms with E-state index in [4.69, 9.17) is 9.47 Å². The summed E-state index contributed by atoms with van der Waals surface area (Å²) in [6.45, 7) is 10.4. The second kappa shape index (κ2) is 11.2. The van der Waals surface area contributed by atoms with Crippen LogP contribution >= 0.6 is 0 Å². The molecule has 6 heteroatoms. The highest BCUT2D eigenvalue weighted by molar-refractivity contribution is 5.78. The van der Waals surface area contributed by atoms with Crippen molar-refractivity contribution in [3.8, 4) is 11.5 Å². The first-order valence-corrected chi connectivity index (χ1v) is 12.5. The zero-order valence-electron chi connectivity index (χ0n) is 21.1. The molecule has 2 atom stereocenters. The third-order valence-electron chi connectivity index (χ3n) is 6.86. The molecule has 0 aliphatic carbocycles. The van der Waals surface area contributed by atoms with Crippen LogP contribution in [-0.2, 0) is 11.3 Å². The first kappa shape index (κ1) is 24.6. The van der Waals surface area contributed by atoms with Crippen molar-refractivity contribution in [2.45, 2.75) is 32.9 Å². The van der Waals surface area contributed by atoms with Crippen molar-refractivity contribution in [2.24, 2.45) is 11.8 Å². The number of likely N-dealkylation sites (N-methyl/N-ethyl adjacent to an activating group) is 1. The van der Waals surface area contributed by atoms with Crippen molar-refractivity contribution in [1.29, 1.82) is 0 Å². The maximum absolute atomic E-state index is 13.3. The first-order valence-electron chi connectivity index (χ1n) is 12.5. The number of nitrogens with zero attached hydrogens (tertiary/aromatic N) is 3. The van der Waals surface area contributed by atoms with Gasteiger partial charge in [-0.15, -0.1) is 0 Å². The molecule has 1 amide bonds. The van der Waals surface area contributed by atoms with Gasteiger partial charge in [0, 0.05) is 50.9 Å². The molecule has 0 saturated carbocycles. The van der Waals surface area contributed by atoms with Crippen molar-refractivity contribution in [3.63, 3.8) is 0 Å². The topological polar surface area (TPSA) is 45.2 Å². The zero-order chi connectivity index (χ0) is 24.1. The fraction of sp³-hybridized carbons (Fsp3) is 0.536. The summed E-state index contributed by atoms with van der Waals surface area (Å²) < 4.78 is 12.1. The van der Waals surface area contributed by atoms with E-state index in [1.807, 2.05) is 54.4 Å². The maximum atomic E-state index is 13.3. The van der Waals surface area contributed by atoms with E-state index in [0.717, 1.165) is 48.8 Å². The predicted octanol–water partition coefficient (Wildman–Crippen LogP) is 4.07. The zero-order valence-corrected chi connectivity index (χ0v) is 21.1. The molecule has 4 rings (SSSR count). The van der Waals surface area contributed by atoms with Crippen LogP contribution in [0.25, 0.3) is 0 Å². The van der Waals surface area contributed by atoms with Gasteiger partial charge in [0.2, 0.25) is 5.91 Å². The monoisotopic (exact) mass is 465 g/mol. The Balaban J connectivity index is 1.43. The molecular weight excluding hydrogens is 426 g/mol. The predicted molar refractivity (Wildman–Crippen MR) is 135 cm³/mol. The number of ether oxygens (including phenoxy) is 2. The lowest BCUT2D eigenvalue weighted by atomic mass is 10.1. The van der Waals surface area contributed by atoms with Crippen LogP contribution in [0.1, 0.15) is 37.5 Å². The van der Waals surface area contributed by atoms with Gasteiger partial charge in [0.05, 0.1) is 13.7 Å². The third-order valence-corrected chi connectivity index (χ3v) is 6.86. The highest BCUT2D eigenvalue weighted by Gasteiger charge is 2.29. The maximum Gasteiger partial charge on any atom is 0.236 e. The lowest BCUT2D eigenvalue weighted by molar-refractivity contribution is -0.132. The Labute approximate surface area is 204 Å². The highest BCUT2D eigenvalue weighted by atomic mass is 16.5. The quantitative estimate of drug-likeness (QED) is 0.588. The Morgan fingerprint density at radius 1 is 1.12 bits per heavy atom. The number of para-hydroxylation sites is 2. The second-order valence-electron chi connectivity index (χ2n) is 10.2. The minimum atomic E-state index is -0.211. The molecule has 0 radical (unpaired) electrons. The van der Waals surface area contributed by atoms with Gasteiger partial charge in [0.1, 0.15) is 17.6 Å². The van der Waals surface area contributed by atoms with Crippen LogP contribution < -0.4 is 9.47 Å². The minimum absolute atomic E-state index is 0.167. The van der Waals surface area contributed by atoms with Crippen LogP contribution in [0.2, 0.25) is 0 Å². The van der Waals surface area contributed by atoms with Crippen molar-refractivity contribution in [3.05, 3.63) is 59.7 Å². The van der Waals surface area contributed by atoms with Crippen molar-refractivity contribution in [2.75, 3.05) is 53.4 Å². The van der Waals surface area contributed by atoms with Gasteiger partial charge in [-0.25, -0.2) is 0 Å². The summed E-state index contributed by atoms with van der Waals surface area (Å²) in [6.07, 6.45) is 0.961. The van der Waals surface area contributed by atoms with Crippen LogP contribution in [-0.4, -0.2) is 74.0 Å². The third kappa shape index (κ3) is 6.10. The minimum Gasteiger partial charge on any atom is -0.496 e. The number of carbonyl (C=O) groups is 1. The van der Waals surface area contributed by atoms with Gasteiger partial charge in [0.25, 0.3) is 0 Å². The number of likely N-dealkylation sites (tertiary alicyclic amines) is 1. The smallest absolute Gasteiger partial charge is 0.236 e. The molecule has 0 aromatic heterocycles. The molecule has 2 aliphatic heterocycles. The number of hydrogen-bond donors (Lipinski definition) is 0. The van der Waals surface area contributed by atoms with E-state index in [9.17, 15) is 4.79 Å². The van der Waals surface area contributed by atoms with Crippen LogP contribution in [0.4, 0.5) is 0 Å². The molecule has 2 unspecified atom stereocenters. The van der Waals surface area contributed by atoms with E-state index in [1.54, 1.807) is 7.11 Å². The average Bonchev–Trinajstić information content (AvgIpc) is 3.16. The fourth-order valence-corrected chi connectivity index (χ4v) is 5.24. The Kier molecular flexibility index (Phi) is 8.11. The molecule has 2 heterocycles. The Hall–Kier alpha value is -2.57. The van der Waals surface area contributed by atoms with Gasteiger partial charge in [-0.1, -0.05) is 50.2 Å². The van der Waals surface area contributed by atoms with Crippen LogP contribution in [0.5, 0.6) is 11.5 Å². The van der Waals surface area contributed by atoms with Crippen molar-refractivity contribution >= 4 is 5.91 Å². The highest BCUT2D eigenvalue weighted by Crippen LogP contribution is 2.34. The van der Waals surface area contributed by atoms with E-state index in [2.05, 4.69) is 29.7 Å². The molecular formula is C28H39N3O3. The summed E-state index contributed by atoms with van der Waals surface area (Å²) in [5.74, 6) is 3.09. The first-order chi connectivity index (χ1) is 16.4. The van der Waals surface area contributed by atoms with Crippen LogP contribution in [0.15, 0.2) is 48.5 Å². The molecule has 2 aromatic carbocycles. The molecule has 6 nitrogen and oxygen atoms in total. The normalized spacial score (nSPS) is 21.1. The van der Waals surface area contributed by atoms with Crippen molar-refractivity contribution < 1.29 is 14.3 Å². The number of fused-ring (bicyclic) bond motifs is 1. The van der Waals surface area contributed by atoms with E-state index in [1.165, 1.54) is 6.42 Å². The standard InChI is InChI=1S/C28H39N3O3/c1-21(2)15-30-14-13-22(17-30)16-29(3)28(32)20-31-18-23-9-5-7-11-25(23)34-27(19-31)24-10-6-8-12-26(24)33-4/h5-12,21-22,27H,13-20H2,1-4H3. The van der Waals surface area contributed by atoms with E-state index in [-0.39, 0.29) is 12.0 Å². The van der Waals surface area contributed by atoms with Crippen LogP contribution in [0.3, 0.4) is 0 Å². The summed E-state index contributed by atoms with van der Waals surface area (Å²) in [5, 5.41) is 0. The Bertz CT molecular complexity index is 963. The summed E-state index contributed by atoms with van der Waals surface area (Å²) in [5.41, 5.74) is 2.11. The molecule has 0 spiro atoms. The summed E-state index contributed by atoms with van der Waals surface area (Å²) in [7, 11) is 3.64.